The van der Waals surface area contributed by atoms with Crippen LogP contribution in [0.5, 0.6) is 0 Å². The van der Waals surface area contributed by atoms with E-state index in [0.717, 1.165) is 16.1 Å². The lowest BCUT2D eigenvalue weighted by Gasteiger charge is -2.29. The highest BCUT2D eigenvalue weighted by atomic mass is 32.2. The lowest BCUT2D eigenvalue weighted by Crippen LogP contribution is -2.33. The number of carbonyl (C=O) groups is 1. The third-order valence-corrected chi connectivity index (χ3v) is 6.08. The molecule has 0 saturated heterocycles. The fourth-order valence-electron chi connectivity index (χ4n) is 3.05. The number of esters is 1. The summed E-state index contributed by atoms with van der Waals surface area (Å²) >= 11 is 1.56. The van der Waals surface area contributed by atoms with Crippen molar-refractivity contribution in [3.63, 3.8) is 0 Å². The van der Waals surface area contributed by atoms with Crippen LogP contribution in [0.1, 0.15) is 18.9 Å². The minimum absolute atomic E-state index is 0.216. The van der Waals surface area contributed by atoms with Crippen molar-refractivity contribution in [3.8, 4) is 0 Å². The molecule has 3 rings (SSSR count). The number of ether oxygens (including phenoxy) is 1. The van der Waals surface area contributed by atoms with E-state index >= 15 is 0 Å². The molecular formula is C20H21NO2S. The zero-order valence-electron chi connectivity index (χ0n) is 14.2. The van der Waals surface area contributed by atoms with Gasteiger partial charge in [-0.2, -0.15) is 0 Å². The van der Waals surface area contributed by atoms with Gasteiger partial charge in [-0.05, 0) is 24.1 Å². The van der Waals surface area contributed by atoms with Gasteiger partial charge < -0.3 is 9.30 Å². The molecule has 0 N–H and O–H groups in total. The van der Waals surface area contributed by atoms with Crippen molar-refractivity contribution in [1.82, 2.24) is 4.57 Å². The molecule has 3 nitrogen and oxygen atoms in total. The molecular weight excluding hydrogens is 318 g/mol. The molecule has 0 saturated carbocycles. The topological polar surface area (TPSA) is 31.2 Å². The molecule has 0 radical (unpaired) electrons. The number of aryl methyl sites for hydroxylation is 1. The van der Waals surface area contributed by atoms with Crippen molar-refractivity contribution in [2.24, 2.45) is 7.05 Å². The SMILES string of the molecule is CCC(Sc1cc2ccccc2n1C)(C(=O)OC)c1ccccc1. The minimum atomic E-state index is -0.752. The first-order valence-electron chi connectivity index (χ1n) is 8.00. The number of fused-ring (bicyclic) bond motifs is 1. The first kappa shape index (κ1) is 16.7. The highest BCUT2D eigenvalue weighted by molar-refractivity contribution is 8.01. The van der Waals surface area contributed by atoms with Crippen LogP contribution in [-0.2, 0) is 21.3 Å². The molecule has 1 atom stereocenters. The lowest BCUT2D eigenvalue weighted by atomic mass is 9.95. The van der Waals surface area contributed by atoms with Gasteiger partial charge in [0.2, 0.25) is 0 Å². The average molecular weight is 339 g/mol. The standard InChI is InChI=1S/C20H21NO2S/c1-4-20(19(22)23-3,16-11-6-5-7-12-16)24-18-14-15-10-8-9-13-17(15)21(18)2/h5-14H,4H2,1-3H3. The van der Waals surface area contributed by atoms with Gasteiger partial charge in [-0.3, -0.25) is 4.79 Å². The molecule has 1 heterocycles. The molecule has 1 aromatic heterocycles. The van der Waals surface area contributed by atoms with Crippen molar-refractivity contribution in [2.75, 3.05) is 7.11 Å². The fraction of sp³-hybridized carbons (Fsp3) is 0.250. The summed E-state index contributed by atoms with van der Waals surface area (Å²) in [5, 5.41) is 2.22. The minimum Gasteiger partial charge on any atom is -0.468 e. The molecule has 0 aliphatic rings. The number of hydrogen-bond donors (Lipinski definition) is 0. The Balaban J connectivity index is 2.12. The number of nitrogens with zero attached hydrogens (tertiary/aromatic N) is 1. The van der Waals surface area contributed by atoms with Gasteiger partial charge in [-0.25, -0.2) is 0 Å². The second-order valence-corrected chi connectivity index (χ2v) is 7.06. The summed E-state index contributed by atoms with van der Waals surface area (Å²) in [6.45, 7) is 2.03. The van der Waals surface area contributed by atoms with Gasteiger partial charge in [0, 0.05) is 18.0 Å². The lowest BCUT2D eigenvalue weighted by molar-refractivity contribution is -0.143. The molecule has 4 heteroatoms. The molecule has 0 aliphatic carbocycles. The van der Waals surface area contributed by atoms with Crippen LogP contribution in [0.15, 0.2) is 65.7 Å². The van der Waals surface area contributed by atoms with E-state index in [2.05, 4.69) is 22.8 Å². The van der Waals surface area contributed by atoms with E-state index in [4.69, 9.17) is 4.74 Å². The summed E-state index contributed by atoms with van der Waals surface area (Å²) in [6.07, 6.45) is 0.649. The first-order valence-corrected chi connectivity index (χ1v) is 8.81. The van der Waals surface area contributed by atoms with Crippen LogP contribution < -0.4 is 0 Å². The Hall–Kier alpha value is -2.20. The average Bonchev–Trinajstić information content (AvgIpc) is 2.95. The predicted octanol–water partition coefficient (Wildman–Crippen LogP) is 4.75. The zero-order chi connectivity index (χ0) is 17.2. The largest absolute Gasteiger partial charge is 0.468 e. The van der Waals surface area contributed by atoms with E-state index in [1.54, 1.807) is 11.8 Å². The fourth-order valence-corrected chi connectivity index (χ4v) is 4.39. The van der Waals surface area contributed by atoms with Crippen LogP contribution in [0.2, 0.25) is 0 Å². The van der Waals surface area contributed by atoms with E-state index in [-0.39, 0.29) is 5.97 Å². The highest BCUT2D eigenvalue weighted by Gasteiger charge is 2.41. The number of carbonyl (C=O) groups excluding carboxylic acids is 1. The van der Waals surface area contributed by atoms with Crippen molar-refractivity contribution in [2.45, 2.75) is 23.1 Å². The summed E-state index contributed by atoms with van der Waals surface area (Å²) in [4.78, 5) is 12.7. The molecule has 0 aliphatic heterocycles. The Morgan fingerprint density at radius 2 is 1.79 bits per heavy atom. The maximum Gasteiger partial charge on any atom is 0.326 e. The van der Waals surface area contributed by atoms with E-state index in [0.29, 0.717) is 6.42 Å². The molecule has 2 aromatic carbocycles. The summed E-state index contributed by atoms with van der Waals surface area (Å²) in [7, 11) is 3.49. The van der Waals surface area contributed by atoms with Gasteiger partial charge in [0.15, 0.2) is 0 Å². The maximum absolute atomic E-state index is 12.7. The maximum atomic E-state index is 12.7. The van der Waals surface area contributed by atoms with E-state index < -0.39 is 4.75 Å². The van der Waals surface area contributed by atoms with E-state index in [1.165, 1.54) is 12.5 Å². The molecule has 0 fully saturated rings. The predicted molar refractivity (Wildman–Crippen MR) is 99.2 cm³/mol. The van der Waals surface area contributed by atoms with Gasteiger partial charge in [0.25, 0.3) is 0 Å². The van der Waals surface area contributed by atoms with Crippen LogP contribution >= 0.6 is 11.8 Å². The monoisotopic (exact) mass is 339 g/mol. The molecule has 0 amide bonds. The molecule has 3 aromatic rings. The number of thioether (sulfide) groups is 1. The van der Waals surface area contributed by atoms with Crippen LogP contribution in [0.25, 0.3) is 10.9 Å². The molecule has 1 unspecified atom stereocenters. The normalized spacial score (nSPS) is 13.6. The van der Waals surface area contributed by atoms with Crippen LogP contribution in [0, 0.1) is 0 Å². The Labute approximate surface area is 146 Å². The molecule has 0 spiro atoms. The quantitative estimate of drug-likeness (QED) is 0.496. The Morgan fingerprint density at radius 3 is 2.42 bits per heavy atom. The third kappa shape index (κ3) is 2.71. The van der Waals surface area contributed by atoms with E-state index in [9.17, 15) is 4.79 Å². The van der Waals surface area contributed by atoms with Gasteiger partial charge in [0.1, 0.15) is 4.75 Å². The smallest absolute Gasteiger partial charge is 0.326 e. The molecule has 24 heavy (non-hydrogen) atoms. The van der Waals surface area contributed by atoms with Crippen LogP contribution in [0.4, 0.5) is 0 Å². The Bertz CT molecular complexity index is 856. The Morgan fingerprint density at radius 1 is 1.12 bits per heavy atom. The number of methoxy groups -OCH3 is 1. The van der Waals surface area contributed by atoms with Gasteiger partial charge in [-0.1, -0.05) is 67.2 Å². The molecule has 0 bridgehead atoms. The second-order valence-electron chi connectivity index (χ2n) is 5.74. The van der Waals surface area contributed by atoms with Gasteiger partial charge in [0.05, 0.1) is 12.1 Å². The number of aromatic nitrogens is 1. The highest BCUT2D eigenvalue weighted by Crippen LogP contribution is 2.46. The summed E-state index contributed by atoms with van der Waals surface area (Å²) in [6, 6.07) is 20.3. The van der Waals surface area contributed by atoms with Gasteiger partial charge in [-0.15, -0.1) is 0 Å². The first-order chi connectivity index (χ1) is 11.6. The van der Waals surface area contributed by atoms with Crippen molar-refractivity contribution in [3.05, 3.63) is 66.2 Å². The van der Waals surface area contributed by atoms with Crippen molar-refractivity contribution in [1.29, 1.82) is 0 Å². The summed E-state index contributed by atoms with van der Waals surface area (Å²) < 4.78 is 6.56. The van der Waals surface area contributed by atoms with E-state index in [1.807, 2.05) is 56.4 Å². The third-order valence-electron chi connectivity index (χ3n) is 4.44. The zero-order valence-corrected chi connectivity index (χ0v) is 15.0. The van der Waals surface area contributed by atoms with Crippen molar-refractivity contribution < 1.29 is 9.53 Å². The van der Waals surface area contributed by atoms with Crippen molar-refractivity contribution >= 4 is 28.6 Å². The second kappa shape index (κ2) is 6.73. The van der Waals surface area contributed by atoms with Gasteiger partial charge >= 0.3 is 5.97 Å². The number of rotatable bonds is 5. The summed E-state index contributed by atoms with van der Waals surface area (Å²) in [5.74, 6) is -0.216. The Kier molecular flexibility index (Phi) is 4.67. The number of benzene rings is 2. The molecule has 124 valence electrons. The van der Waals surface area contributed by atoms with Crippen LogP contribution in [0.3, 0.4) is 0 Å². The number of hydrogen-bond acceptors (Lipinski definition) is 3. The van der Waals surface area contributed by atoms with Crippen LogP contribution in [-0.4, -0.2) is 17.6 Å². The number of para-hydroxylation sites is 1. The summed E-state index contributed by atoms with van der Waals surface area (Å²) in [5.41, 5.74) is 2.12.